The number of rotatable bonds is 6. The number of nitrogens with one attached hydrogen (secondary N) is 2. The summed E-state index contributed by atoms with van der Waals surface area (Å²) in [5, 5.41) is 7.36. The van der Waals surface area contributed by atoms with Gasteiger partial charge in [-0.25, -0.2) is 4.98 Å². The molecule has 1 aromatic heterocycles. The van der Waals surface area contributed by atoms with E-state index in [1.54, 1.807) is 13.2 Å². The lowest BCUT2D eigenvalue weighted by Crippen LogP contribution is -2.58. The largest absolute Gasteiger partial charge is 0.496 e. The van der Waals surface area contributed by atoms with E-state index in [9.17, 15) is 0 Å². The average molecular weight is 368 g/mol. The molecule has 2 fully saturated rings. The Morgan fingerprint density at radius 1 is 1.22 bits per heavy atom. The molecule has 3 heterocycles. The molecule has 0 radical (unpaired) electrons. The van der Waals surface area contributed by atoms with E-state index in [4.69, 9.17) is 15.2 Å². The maximum absolute atomic E-state index is 5.80. The van der Waals surface area contributed by atoms with Crippen molar-refractivity contribution in [1.29, 1.82) is 0 Å². The lowest BCUT2D eigenvalue weighted by Gasteiger charge is -2.40. The van der Waals surface area contributed by atoms with Crippen LogP contribution in [0.4, 0.5) is 5.82 Å². The summed E-state index contributed by atoms with van der Waals surface area (Å²) in [6, 6.07) is 13.5. The standard InChI is InChI=1S/C21H28N4O2/c1-26-20-9-15(19-3-2-4-21(22)25-19)6-5-14(20)7-8-23-16-10-17-12-27-13-18(11-16)24-17/h2-6,9,16-18,23-24H,7-8,10-13H2,1H3,(H2,22,25). The fourth-order valence-corrected chi connectivity index (χ4v) is 4.14. The van der Waals surface area contributed by atoms with Crippen molar-refractivity contribution in [2.24, 2.45) is 0 Å². The van der Waals surface area contributed by atoms with E-state index in [2.05, 4.69) is 27.8 Å². The smallest absolute Gasteiger partial charge is 0.124 e. The summed E-state index contributed by atoms with van der Waals surface area (Å²) >= 11 is 0. The van der Waals surface area contributed by atoms with Crippen molar-refractivity contribution in [1.82, 2.24) is 15.6 Å². The number of aromatic nitrogens is 1. The number of benzene rings is 1. The van der Waals surface area contributed by atoms with Gasteiger partial charge in [0, 0.05) is 23.7 Å². The number of nitrogens with zero attached hydrogens (tertiary/aromatic N) is 1. The van der Waals surface area contributed by atoms with Gasteiger partial charge < -0.3 is 25.8 Å². The van der Waals surface area contributed by atoms with E-state index < -0.39 is 0 Å². The van der Waals surface area contributed by atoms with Crippen molar-refractivity contribution in [3.05, 3.63) is 42.0 Å². The first kappa shape index (κ1) is 18.2. The van der Waals surface area contributed by atoms with Crippen LogP contribution in [-0.2, 0) is 11.2 Å². The van der Waals surface area contributed by atoms with E-state index in [0.29, 0.717) is 23.9 Å². The Labute approximate surface area is 160 Å². The second kappa shape index (κ2) is 8.25. The van der Waals surface area contributed by atoms with Gasteiger partial charge in [0.2, 0.25) is 0 Å². The van der Waals surface area contributed by atoms with Gasteiger partial charge in [-0.2, -0.15) is 0 Å². The van der Waals surface area contributed by atoms with Crippen molar-refractivity contribution in [3.8, 4) is 17.0 Å². The zero-order chi connectivity index (χ0) is 18.6. The SMILES string of the molecule is COc1cc(-c2cccc(N)n2)ccc1CCNC1CC2COCC(C1)N2. The Bertz CT molecular complexity index is 771. The number of hydrogen-bond acceptors (Lipinski definition) is 6. The number of nitrogen functional groups attached to an aromatic ring is 1. The molecule has 27 heavy (non-hydrogen) atoms. The fraction of sp³-hybridized carbons (Fsp3) is 0.476. The van der Waals surface area contributed by atoms with Gasteiger partial charge in [-0.1, -0.05) is 18.2 Å². The molecule has 2 aliphatic rings. The molecule has 6 heteroatoms. The number of hydrogen-bond donors (Lipinski definition) is 3. The Hall–Kier alpha value is -2.15. The molecule has 2 saturated heterocycles. The van der Waals surface area contributed by atoms with E-state index in [-0.39, 0.29) is 0 Å². The van der Waals surface area contributed by atoms with Gasteiger partial charge in [-0.3, -0.25) is 0 Å². The maximum atomic E-state index is 5.80. The highest BCUT2D eigenvalue weighted by Crippen LogP contribution is 2.27. The van der Waals surface area contributed by atoms with Crippen LogP contribution in [0, 0.1) is 0 Å². The van der Waals surface area contributed by atoms with E-state index in [1.165, 1.54) is 5.56 Å². The van der Waals surface area contributed by atoms with Gasteiger partial charge in [0.05, 0.1) is 26.0 Å². The Morgan fingerprint density at radius 2 is 2.04 bits per heavy atom. The van der Waals surface area contributed by atoms with Gasteiger partial charge in [0.25, 0.3) is 0 Å². The molecule has 4 N–H and O–H groups in total. The van der Waals surface area contributed by atoms with Crippen LogP contribution < -0.4 is 21.1 Å². The van der Waals surface area contributed by atoms with Crippen LogP contribution in [0.3, 0.4) is 0 Å². The van der Waals surface area contributed by atoms with Gasteiger partial charge in [-0.15, -0.1) is 0 Å². The third-order valence-corrected chi connectivity index (χ3v) is 5.43. The molecule has 6 nitrogen and oxygen atoms in total. The summed E-state index contributed by atoms with van der Waals surface area (Å²) in [6.45, 7) is 2.61. The molecule has 2 unspecified atom stereocenters. The summed E-state index contributed by atoms with van der Waals surface area (Å²) in [5.74, 6) is 1.42. The van der Waals surface area contributed by atoms with Gasteiger partial charge in [-0.05, 0) is 49.6 Å². The highest BCUT2D eigenvalue weighted by molar-refractivity contribution is 5.64. The summed E-state index contributed by atoms with van der Waals surface area (Å²) in [6.07, 6.45) is 3.20. The Kier molecular flexibility index (Phi) is 5.57. The lowest BCUT2D eigenvalue weighted by molar-refractivity contribution is 0.0148. The van der Waals surface area contributed by atoms with E-state index in [1.807, 2.05) is 18.2 Å². The Balaban J connectivity index is 1.37. The first-order valence-corrected chi connectivity index (χ1v) is 9.68. The van der Waals surface area contributed by atoms with E-state index >= 15 is 0 Å². The molecule has 144 valence electrons. The molecule has 0 saturated carbocycles. The fourth-order valence-electron chi connectivity index (χ4n) is 4.14. The van der Waals surface area contributed by atoms with Crippen LogP contribution in [0.1, 0.15) is 18.4 Å². The molecular weight excluding hydrogens is 340 g/mol. The monoisotopic (exact) mass is 368 g/mol. The predicted octanol–water partition coefficient (Wildman–Crippen LogP) is 1.99. The first-order chi connectivity index (χ1) is 13.2. The van der Waals surface area contributed by atoms with Crippen LogP contribution in [0.15, 0.2) is 36.4 Å². The van der Waals surface area contributed by atoms with Gasteiger partial charge in [0.15, 0.2) is 0 Å². The number of fused-ring (bicyclic) bond motifs is 2. The van der Waals surface area contributed by atoms with E-state index in [0.717, 1.165) is 56.0 Å². The first-order valence-electron chi connectivity index (χ1n) is 9.68. The quantitative estimate of drug-likeness (QED) is 0.723. The zero-order valence-corrected chi connectivity index (χ0v) is 15.8. The van der Waals surface area contributed by atoms with Crippen LogP contribution in [0.2, 0.25) is 0 Å². The molecule has 0 spiro atoms. The predicted molar refractivity (Wildman–Crippen MR) is 107 cm³/mol. The number of pyridine rings is 1. The lowest BCUT2D eigenvalue weighted by atomic mass is 9.92. The Morgan fingerprint density at radius 3 is 2.78 bits per heavy atom. The van der Waals surface area contributed by atoms with Gasteiger partial charge >= 0.3 is 0 Å². The second-order valence-corrected chi connectivity index (χ2v) is 7.44. The van der Waals surface area contributed by atoms with Crippen molar-refractivity contribution >= 4 is 5.82 Å². The summed E-state index contributed by atoms with van der Waals surface area (Å²) < 4.78 is 11.3. The van der Waals surface area contributed by atoms with Crippen LogP contribution in [0.5, 0.6) is 5.75 Å². The van der Waals surface area contributed by atoms with Crippen molar-refractivity contribution in [2.75, 3.05) is 32.6 Å². The third-order valence-electron chi connectivity index (χ3n) is 5.43. The maximum Gasteiger partial charge on any atom is 0.124 e. The number of piperidine rings is 1. The number of methoxy groups -OCH3 is 1. The van der Waals surface area contributed by atoms with Crippen molar-refractivity contribution < 1.29 is 9.47 Å². The number of anilines is 1. The van der Waals surface area contributed by atoms with Crippen molar-refractivity contribution in [3.63, 3.8) is 0 Å². The van der Waals surface area contributed by atoms with Crippen LogP contribution in [-0.4, -0.2) is 50.0 Å². The second-order valence-electron chi connectivity index (χ2n) is 7.44. The summed E-state index contributed by atoms with van der Waals surface area (Å²) in [7, 11) is 1.72. The minimum absolute atomic E-state index is 0.495. The van der Waals surface area contributed by atoms with Gasteiger partial charge in [0.1, 0.15) is 11.6 Å². The summed E-state index contributed by atoms with van der Waals surface area (Å²) in [4.78, 5) is 4.39. The number of morpholine rings is 1. The minimum Gasteiger partial charge on any atom is -0.496 e. The minimum atomic E-state index is 0.495. The molecule has 1 aromatic carbocycles. The molecule has 2 atom stereocenters. The third kappa shape index (κ3) is 4.40. The molecule has 0 aliphatic carbocycles. The van der Waals surface area contributed by atoms with Crippen LogP contribution >= 0.6 is 0 Å². The molecule has 4 rings (SSSR count). The van der Waals surface area contributed by atoms with Crippen molar-refractivity contribution in [2.45, 2.75) is 37.4 Å². The topological polar surface area (TPSA) is 81.4 Å². The van der Waals surface area contributed by atoms with Crippen LogP contribution in [0.25, 0.3) is 11.3 Å². The number of ether oxygens (including phenoxy) is 2. The molecule has 2 aliphatic heterocycles. The molecular formula is C21H28N4O2. The zero-order valence-electron chi connectivity index (χ0n) is 15.8. The molecule has 0 amide bonds. The number of nitrogens with two attached hydrogens (primary N) is 1. The molecule has 2 aromatic rings. The highest BCUT2D eigenvalue weighted by atomic mass is 16.5. The normalized spacial score (nSPS) is 24.6. The highest BCUT2D eigenvalue weighted by Gasteiger charge is 2.31. The summed E-state index contributed by atoms with van der Waals surface area (Å²) in [5.41, 5.74) is 8.89. The molecule has 2 bridgehead atoms. The average Bonchev–Trinajstić information content (AvgIpc) is 2.68.